The molecule has 0 saturated carbocycles. The minimum absolute atomic E-state index is 0.246. The Morgan fingerprint density at radius 2 is 2.12 bits per heavy atom. The summed E-state index contributed by atoms with van der Waals surface area (Å²) in [6, 6.07) is 2.01. The third kappa shape index (κ3) is 4.96. The molecule has 1 aliphatic heterocycles. The third-order valence-electron chi connectivity index (χ3n) is 3.73. The SMILES string of the molecule is CC(C)(C)OC(=O)NCCc1cc2nc(Cl)nc(N3CCOCC3)c2s1. The summed E-state index contributed by atoms with van der Waals surface area (Å²) in [6.07, 6.45) is 0.288. The highest BCUT2D eigenvalue weighted by atomic mass is 35.5. The lowest BCUT2D eigenvalue weighted by Gasteiger charge is -2.28. The molecule has 1 N–H and O–H groups in total. The van der Waals surface area contributed by atoms with Crippen LogP contribution >= 0.6 is 22.9 Å². The van der Waals surface area contributed by atoms with E-state index in [1.54, 1.807) is 11.3 Å². The van der Waals surface area contributed by atoms with Gasteiger partial charge in [-0.1, -0.05) is 0 Å². The monoisotopic (exact) mass is 398 g/mol. The van der Waals surface area contributed by atoms with Crippen LogP contribution in [-0.4, -0.2) is 54.5 Å². The van der Waals surface area contributed by atoms with Crippen LogP contribution in [0.1, 0.15) is 25.6 Å². The molecule has 0 unspecified atom stereocenters. The highest BCUT2D eigenvalue weighted by Crippen LogP contribution is 2.33. The Morgan fingerprint density at radius 1 is 1.38 bits per heavy atom. The normalized spacial score (nSPS) is 15.3. The minimum atomic E-state index is -0.499. The van der Waals surface area contributed by atoms with Crippen LogP contribution in [0.4, 0.5) is 10.6 Å². The van der Waals surface area contributed by atoms with Crippen LogP contribution in [0.5, 0.6) is 0 Å². The lowest BCUT2D eigenvalue weighted by atomic mass is 10.2. The molecule has 3 rings (SSSR count). The number of thiophene rings is 1. The molecule has 0 atom stereocenters. The minimum Gasteiger partial charge on any atom is -0.444 e. The molecule has 0 bridgehead atoms. The van der Waals surface area contributed by atoms with E-state index in [4.69, 9.17) is 21.1 Å². The van der Waals surface area contributed by atoms with Gasteiger partial charge in [-0.05, 0) is 44.9 Å². The molecular formula is C17H23ClN4O3S. The Balaban J connectivity index is 1.69. The number of ether oxygens (including phenoxy) is 2. The number of anilines is 1. The van der Waals surface area contributed by atoms with Crippen molar-refractivity contribution >= 4 is 45.1 Å². The van der Waals surface area contributed by atoms with Crippen molar-refractivity contribution < 1.29 is 14.3 Å². The Hall–Kier alpha value is -1.64. The molecule has 0 spiro atoms. The average molecular weight is 399 g/mol. The standard InChI is InChI=1S/C17H23ClN4O3S/c1-17(2,3)25-16(23)19-5-4-11-10-12-13(26-11)14(21-15(18)20-12)22-6-8-24-9-7-22/h10H,4-9H2,1-3H3,(H,19,23). The van der Waals surface area contributed by atoms with Crippen molar-refractivity contribution in [2.24, 2.45) is 0 Å². The molecule has 26 heavy (non-hydrogen) atoms. The van der Waals surface area contributed by atoms with Crippen molar-refractivity contribution in [3.05, 3.63) is 16.2 Å². The zero-order chi connectivity index (χ0) is 18.7. The van der Waals surface area contributed by atoms with E-state index in [1.165, 1.54) is 0 Å². The number of alkyl carbamates (subject to hydrolysis) is 1. The van der Waals surface area contributed by atoms with Gasteiger partial charge in [0.2, 0.25) is 5.28 Å². The van der Waals surface area contributed by atoms with Crippen molar-refractivity contribution in [2.75, 3.05) is 37.7 Å². The number of halogens is 1. The van der Waals surface area contributed by atoms with Crippen LogP contribution in [0.15, 0.2) is 6.07 Å². The topological polar surface area (TPSA) is 76.6 Å². The molecule has 0 aliphatic carbocycles. The summed E-state index contributed by atoms with van der Waals surface area (Å²) in [6.45, 7) is 8.96. The van der Waals surface area contributed by atoms with E-state index in [9.17, 15) is 4.79 Å². The van der Waals surface area contributed by atoms with Crippen LogP contribution in [0.25, 0.3) is 10.2 Å². The van der Waals surface area contributed by atoms with E-state index >= 15 is 0 Å². The lowest BCUT2D eigenvalue weighted by Crippen LogP contribution is -2.36. The zero-order valence-electron chi connectivity index (χ0n) is 15.2. The molecule has 2 aromatic heterocycles. The molecule has 0 aromatic carbocycles. The molecule has 0 radical (unpaired) electrons. The number of morpholine rings is 1. The van der Waals surface area contributed by atoms with E-state index < -0.39 is 11.7 Å². The number of nitrogens with one attached hydrogen (secondary N) is 1. The number of rotatable bonds is 4. The van der Waals surface area contributed by atoms with E-state index in [0.29, 0.717) is 26.2 Å². The van der Waals surface area contributed by atoms with E-state index in [0.717, 1.165) is 34.0 Å². The maximum Gasteiger partial charge on any atom is 0.407 e. The maximum atomic E-state index is 11.7. The first kappa shape index (κ1) is 19.1. The van der Waals surface area contributed by atoms with Crippen LogP contribution in [-0.2, 0) is 15.9 Å². The summed E-state index contributed by atoms with van der Waals surface area (Å²) in [5.74, 6) is 0.861. The fourth-order valence-corrected chi connectivity index (χ4v) is 3.93. The van der Waals surface area contributed by atoms with Gasteiger partial charge in [-0.25, -0.2) is 9.78 Å². The summed E-state index contributed by atoms with van der Waals surface area (Å²) in [5.41, 5.74) is 0.338. The van der Waals surface area contributed by atoms with Gasteiger partial charge in [0, 0.05) is 24.5 Å². The Bertz CT molecular complexity index is 784. The molecular weight excluding hydrogens is 376 g/mol. The van der Waals surface area contributed by atoms with Gasteiger partial charge in [0.1, 0.15) is 5.60 Å². The molecule has 142 valence electrons. The predicted molar refractivity (Wildman–Crippen MR) is 103 cm³/mol. The Kier molecular flexibility index (Phi) is 5.84. The molecule has 1 saturated heterocycles. The van der Waals surface area contributed by atoms with Gasteiger partial charge in [0.15, 0.2) is 5.82 Å². The summed E-state index contributed by atoms with van der Waals surface area (Å²) < 4.78 is 11.7. The van der Waals surface area contributed by atoms with Crippen LogP contribution in [0.3, 0.4) is 0 Å². The van der Waals surface area contributed by atoms with Crippen molar-refractivity contribution in [3.8, 4) is 0 Å². The number of carbonyl (C=O) groups is 1. The quantitative estimate of drug-likeness (QED) is 0.796. The summed E-state index contributed by atoms with van der Waals surface area (Å²) >= 11 is 7.74. The summed E-state index contributed by atoms with van der Waals surface area (Å²) in [4.78, 5) is 23.8. The first-order valence-electron chi connectivity index (χ1n) is 8.57. The molecule has 1 fully saturated rings. The molecule has 2 aromatic rings. The number of aromatic nitrogens is 2. The maximum absolute atomic E-state index is 11.7. The fraction of sp³-hybridized carbons (Fsp3) is 0.588. The first-order valence-corrected chi connectivity index (χ1v) is 9.77. The van der Waals surface area contributed by atoms with Gasteiger partial charge in [-0.2, -0.15) is 4.98 Å². The van der Waals surface area contributed by atoms with Crippen LogP contribution < -0.4 is 10.2 Å². The molecule has 1 amide bonds. The van der Waals surface area contributed by atoms with Gasteiger partial charge in [-0.3, -0.25) is 0 Å². The lowest BCUT2D eigenvalue weighted by molar-refractivity contribution is 0.0528. The van der Waals surface area contributed by atoms with Gasteiger partial charge in [-0.15, -0.1) is 11.3 Å². The fourth-order valence-electron chi connectivity index (χ4n) is 2.65. The summed E-state index contributed by atoms with van der Waals surface area (Å²) in [5, 5.41) is 3.02. The van der Waals surface area contributed by atoms with Crippen LogP contribution in [0.2, 0.25) is 5.28 Å². The number of amides is 1. The molecule has 1 aliphatic rings. The van der Waals surface area contributed by atoms with Gasteiger partial charge in [0.05, 0.1) is 23.4 Å². The van der Waals surface area contributed by atoms with Crippen molar-refractivity contribution in [3.63, 3.8) is 0 Å². The Labute approximate surface area is 161 Å². The number of hydrogen-bond acceptors (Lipinski definition) is 7. The van der Waals surface area contributed by atoms with Gasteiger partial charge in [0.25, 0.3) is 0 Å². The van der Waals surface area contributed by atoms with Crippen molar-refractivity contribution in [1.82, 2.24) is 15.3 Å². The zero-order valence-corrected chi connectivity index (χ0v) is 16.7. The van der Waals surface area contributed by atoms with Crippen LogP contribution in [0, 0.1) is 0 Å². The van der Waals surface area contributed by atoms with Crippen molar-refractivity contribution in [2.45, 2.75) is 32.8 Å². The first-order chi connectivity index (χ1) is 12.3. The second-order valence-electron chi connectivity index (χ2n) is 7.02. The van der Waals surface area contributed by atoms with E-state index in [2.05, 4.69) is 20.2 Å². The predicted octanol–water partition coefficient (Wildman–Crippen LogP) is 3.25. The molecule has 3 heterocycles. The highest BCUT2D eigenvalue weighted by molar-refractivity contribution is 7.19. The third-order valence-corrected chi connectivity index (χ3v) is 5.08. The number of hydrogen-bond donors (Lipinski definition) is 1. The Morgan fingerprint density at radius 3 is 2.81 bits per heavy atom. The van der Waals surface area contributed by atoms with Crippen molar-refractivity contribution in [1.29, 1.82) is 0 Å². The van der Waals surface area contributed by atoms with Gasteiger partial charge >= 0.3 is 6.09 Å². The summed E-state index contributed by atoms with van der Waals surface area (Å²) in [7, 11) is 0. The second-order valence-corrected chi connectivity index (χ2v) is 8.50. The molecule has 7 nitrogen and oxygen atoms in total. The average Bonchev–Trinajstić information content (AvgIpc) is 2.95. The highest BCUT2D eigenvalue weighted by Gasteiger charge is 2.19. The van der Waals surface area contributed by atoms with Gasteiger partial charge < -0.3 is 19.7 Å². The number of nitrogens with zero attached hydrogens (tertiary/aromatic N) is 3. The van der Waals surface area contributed by atoms with E-state index in [1.807, 2.05) is 26.8 Å². The van der Waals surface area contributed by atoms with E-state index in [-0.39, 0.29) is 5.28 Å². The number of fused-ring (bicyclic) bond motifs is 1. The largest absolute Gasteiger partial charge is 0.444 e. The number of carbonyl (C=O) groups excluding carboxylic acids is 1. The smallest absolute Gasteiger partial charge is 0.407 e. The second kappa shape index (κ2) is 7.94. The molecule has 9 heteroatoms.